The van der Waals surface area contributed by atoms with Gasteiger partial charge in [-0.1, -0.05) is 6.92 Å². The Morgan fingerprint density at radius 3 is 3.10 bits per heavy atom. The van der Waals surface area contributed by atoms with Gasteiger partial charge in [-0.3, -0.25) is 4.79 Å². The molecule has 0 radical (unpaired) electrons. The van der Waals surface area contributed by atoms with E-state index in [2.05, 4.69) is 28.7 Å². The summed E-state index contributed by atoms with van der Waals surface area (Å²) >= 11 is 0. The zero-order valence-electron chi connectivity index (χ0n) is 11.3. The number of rotatable bonds is 2. The molecule has 0 aliphatic carbocycles. The van der Waals surface area contributed by atoms with Crippen LogP contribution in [-0.2, 0) is 6.54 Å². The Hall–Kier alpha value is -2.48. The van der Waals surface area contributed by atoms with Crippen molar-refractivity contribution in [3.05, 3.63) is 47.5 Å². The summed E-state index contributed by atoms with van der Waals surface area (Å²) in [6.45, 7) is 3.60. The fourth-order valence-corrected chi connectivity index (χ4v) is 2.87. The van der Waals surface area contributed by atoms with Gasteiger partial charge in [0.2, 0.25) is 0 Å². The molecule has 1 amide bonds. The Morgan fingerprint density at radius 1 is 1.55 bits per heavy atom. The third-order valence-corrected chi connectivity index (χ3v) is 3.85. The van der Waals surface area contributed by atoms with Crippen LogP contribution in [0.3, 0.4) is 0 Å². The number of fused-ring (bicyclic) bond motifs is 1. The number of nitrogens with zero attached hydrogens (tertiary/aromatic N) is 3. The van der Waals surface area contributed by atoms with E-state index < -0.39 is 0 Å². The third-order valence-electron chi connectivity index (χ3n) is 3.85. The maximum Gasteiger partial charge on any atom is 0.270 e. The van der Waals surface area contributed by atoms with Gasteiger partial charge in [0.1, 0.15) is 11.8 Å². The average Bonchev–Trinajstić information content (AvgIpc) is 3.13. The van der Waals surface area contributed by atoms with Crippen LogP contribution in [0.5, 0.6) is 0 Å². The molecule has 102 valence electrons. The van der Waals surface area contributed by atoms with Crippen LogP contribution in [0.2, 0.25) is 0 Å². The standard InChI is InChI=1S/C15H16N4O/c1-2-13-14-4-3-5-18(14)6-7-19(13)15(20)12-8-11(9-16)10-17-12/h3-5,8,10,13,17H,2,6-7H2,1H3/t13-/m1/s1. The van der Waals surface area contributed by atoms with Gasteiger partial charge >= 0.3 is 0 Å². The molecule has 1 atom stereocenters. The van der Waals surface area contributed by atoms with Gasteiger partial charge in [0.05, 0.1) is 11.6 Å². The zero-order chi connectivity index (χ0) is 14.1. The van der Waals surface area contributed by atoms with Crippen LogP contribution >= 0.6 is 0 Å². The molecule has 0 saturated heterocycles. The molecule has 0 aromatic carbocycles. The highest BCUT2D eigenvalue weighted by Gasteiger charge is 2.30. The number of hydrogen-bond acceptors (Lipinski definition) is 2. The Labute approximate surface area is 117 Å². The number of nitriles is 1. The first-order valence-corrected chi connectivity index (χ1v) is 6.79. The lowest BCUT2D eigenvalue weighted by Gasteiger charge is -2.36. The fourth-order valence-electron chi connectivity index (χ4n) is 2.87. The van der Waals surface area contributed by atoms with E-state index in [1.165, 1.54) is 5.69 Å². The Morgan fingerprint density at radius 2 is 2.40 bits per heavy atom. The molecule has 0 bridgehead atoms. The van der Waals surface area contributed by atoms with Crippen LogP contribution in [0.15, 0.2) is 30.6 Å². The Kier molecular flexibility index (Phi) is 3.07. The van der Waals surface area contributed by atoms with Crippen molar-refractivity contribution in [2.24, 2.45) is 0 Å². The van der Waals surface area contributed by atoms with Gasteiger partial charge in [-0.05, 0) is 24.6 Å². The van der Waals surface area contributed by atoms with Crippen LogP contribution in [0.25, 0.3) is 0 Å². The van der Waals surface area contributed by atoms with Gasteiger partial charge in [0, 0.05) is 31.2 Å². The number of carbonyl (C=O) groups excluding carboxylic acids is 1. The number of amides is 1. The number of nitrogens with one attached hydrogen (secondary N) is 1. The quantitative estimate of drug-likeness (QED) is 0.908. The first kappa shape index (κ1) is 12.5. The number of carbonyl (C=O) groups is 1. The monoisotopic (exact) mass is 268 g/mol. The van der Waals surface area contributed by atoms with Crippen molar-refractivity contribution in [1.29, 1.82) is 5.26 Å². The molecule has 0 saturated carbocycles. The van der Waals surface area contributed by atoms with E-state index in [-0.39, 0.29) is 11.9 Å². The third kappa shape index (κ3) is 1.90. The predicted molar refractivity (Wildman–Crippen MR) is 74.0 cm³/mol. The first-order chi connectivity index (χ1) is 9.74. The lowest BCUT2D eigenvalue weighted by atomic mass is 10.1. The molecule has 5 heteroatoms. The highest BCUT2D eigenvalue weighted by Crippen LogP contribution is 2.29. The summed E-state index contributed by atoms with van der Waals surface area (Å²) in [5.41, 5.74) is 2.15. The normalized spacial score (nSPS) is 17.6. The van der Waals surface area contributed by atoms with E-state index in [9.17, 15) is 4.79 Å². The summed E-state index contributed by atoms with van der Waals surface area (Å²) in [4.78, 5) is 17.4. The first-order valence-electron chi connectivity index (χ1n) is 6.79. The van der Waals surface area contributed by atoms with Crippen LogP contribution in [0.4, 0.5) is 0 Å². The molecule has 1 aliphatic rings. The number of hydrogen-bond donors (Lipinski definition) is 1. The van der Waals surface area contributed by atoms with Crippen molar-refractivity contribution < 1.29 is 4.79 Å². The summed E-state index contributed by atoms with van der Waals surface area (Å²) in [5, 5.41) is 8.85. The molecule has 0 unspecified atom stereocenters. The largest absolute Gasteiger partial charge is 0.356 e. The van der Waals surface area contributed by atoms with E-state index in [1.807, 2.05) is 17.0 Å². The molecule has 0 spiro atoms. The van der Waals surface area contributed by atoms with Crippen LogP contribution in [0, 0.1) is 11.3 Å². The second-order valence-corrected chi connectivity index (χ2v) is 4.96. The maximum atomic E-state index is 12.6. The van der Waals surface area contributed by atoms with Gasteiger partial charge in [-0.25, -0.2) is 0 Å². The topological polar surface area (TPSA) is 64.8 Å². The van der Waals surface area contributed by atoms with Crippen molar-refractivity contribution in [2.75, 3.05) is 6.54 Å². The van der Waals surface area contributed by atoms with Crippen molar-refractivity contribution >= 4 is 5.91 Å². The van der Waals surface area contributed by atoms with Crippen molar-refractivity contribution in [3.8, 4) is 6.07 Å². The molecule has 3 rings (SSSR count). The van der Waals surface area contributed by atoms with Gasteiger partial charge in [-0.2, -0.15) is 5.26 Å². The molecule has 0 fully saturated rings. The molecule has 1 N–H and O–H groups in total. The average molecular weight is 268 g/mol. The molecule has 2 aromatic heterocycles. The zero-order valence-corrected chi connectivity index (χ0v) is 11.3. The summed E-state index contributed by atoms with van der Waals surface area (Å²) < 4.78 is 2.20. The van der Waals surface area contributed by atoms with E-state index >= 15 is 0 Å². The van der Waals surface area contributed by atoms with Gasteiger partial charge in [0.15, 0.2) is 0 Å². The summed E-state index contributed by atoms with van der Waals surface area (Å²) in [7, 11) is 0. The Bertz CT molecular complexity index is 676. The minimum absolute atomic E-state index is 0.0363. The van der Waals surface area contributed by atoms with E-state index in [0.29, 0.717) is 17.8 Å². The SMILES string of the molecule is CC[C@@H]1c2cccn2CCN1C(=O)c1cc(C#N)c[nH]1. The second-order valence-electron chi connectivity index (χ2n) is 4.96. The van der Waals surface area contributed by atoms with Gasteiger partial charge < -0.3 is 14.5 Å². The lowest BCUT2D eigenvalue weighted by molar-refractivity contribution is 0.0612. The molecular weight excluding hydrogens is 252 g/mol. The van der Waals surface area contributed by atoms with E-state index in [1.54, 1.807) is 12.3 Å². The van der Waals surface area contributed by atoms with E-state index in [4.69, 9.17) is 5.26 Å². The molecule has 2 aromatic rings. The molecule has 20 heavy (non-hydrogen) atoms. The summed E-state index contributed by atoms with van der Waals surface area (Å²) in [6.07, 6.45) is 4.50. The number of H-pyrrole nitrogens is 1. The minimum Gasteiger partial charge on any atom is -0.356 e. The fraction of sp³-hybridized carbons (Fsp3) is 0.333. The highest BCUT2D eigenvalue weighted by molar-refractivity contribution is 5.93. The second kappa shape index (κ2) is 4.89. The molecule has 1 aliphatic heterocycles. The molecular formula is C15H16N4O. The number of aromatic amines is 1. The van der Waals surface area contributed by atoms with Crippen molar-refractivity contribution in [3.63, 3.8) is 0 Å². The smallest absolute Gasteiger partial charge is 0.270 e. The van der Waals surface area contributed by atoms with Crippen LogP contribution in [0.1, 0.15) is 41.1 Å². The van der Waals surface area contributed by atoms with Crippen molar-refractivity contribution in [2.45, 2.75) is 25.9 Å². The Balaban J connectivity index is 1.90. The molecule has 3 heterocycles. The maximum absolute atomic E-state index is 12.6. The van der Waals surface area contributed by atoms with Gasteiger partial charge in [-0.15, -0.1) is 0 Å². The van der Waals surface area contributed by atoms with Crippen molar-refractivity contribution in [1.82, 2.24) is 14.5 Å². The predicted octanol–water partition coefficient (Wildman–Crippen LogP) is 2.29. The number of aromatic nitrogens is 2. The van der Waals surface area contributed by atoms with Crippen LogP contribution < -0.4 is 0 Å². The van der Waals surface area contributed by atoms with E-state index in [0.717, 1.165) is 13.0 Å². The summed E-state index contributed by atoms with van der Waals surface area (Å²) in [6, 6.07) is 7.84. The summed E-state index contributed by atoms with van der Waals surface area (Å²) in [5.74, 6) is -0.0363. The minimum atomic E-state index is -0.0363. The van der Waals surface area contributed by atoms with Gasteiger partial charge in [0.25, 0.3) is 5.91 Å². The highest BCUT2D eigenvalue weighted by atomic mass is 16.2. The van der Waals surface area contributed by atoms with Crippen LogP contribution in [-0.4, -0.2) is 26.9 Å². The lowest BCUT2D eigenvalue weighted by Crippen LogP contribution is -2.41. The molecule has 5 nitrogen and oxygen atoms in total.